The van der Waals surface area contributed by atoms with E-state index in [1.54, 1.807) is 0 Å². The SMILES string of the molecule is COC(=O)C1=C(C(=O)OC)[Se]C(=C2N(C)CCN2C)[Se]1. The van der Waals surface area contributed by atoms with Gasteiger partial charge in [-0.25, -0.2) is 0 Å². The summed E-state index contributed by atoms with van der Waals surface area (Å²) in [5.74, 6) is 0.322. The Morgan fingerprint density at radius 3 is 1.70 bits per heavy atom. The predicted octanol–water partition coefficient (Wildman–Crippen LogP) is -1.03. The van der Waals surface area contributed by atoms with Crippen LogP contribution in [-0.2, 0) is 19.1 Å². The maximum atomic E-state index is 11.9. The van der Waals surface area contributed by atoms with Gasteiger partial charge in [0.2, 0.25) is 0 Å². The number of carbonyl (C=O) groups excluding carboxylic acids is 2. The molecule has 0 unspecified atom stereocenters. The number of methoxy groups -OCH3 is 2. The maximum absolute atomic E-state index is 11.9. The summed E-state index contributed by atoms with van der Waals surface area (Å²) in [5, 5.41) is 0. The van der Waals surface area contributed by atoms with Crippen LogP contribution in [0.15, 0.2) is 18.1 Å². The molecule has 0 amide bonds. The Balaban J connectivity index is 2.36. The molecule has 0 spiro atoms. The molecular formula is C12H16N2O4Se2. The van der Waals surface area contributed by atoms with Crippen molar-refractivity contribution in [3.8, 4) is 0 Å². The topological polar surface area (TPSA) is 59.1 Å². The van der Waals surface area contributed by atoms with Crippen LogP contribution in [0.3, 0.4) is 0 Å². The summed E-state index contributed by atoms with van der Waals surface area (Å²) in [6.07, 6.45) is 0. The van der Waals surface area contributed by atoms with E-state index < -0.39 is 11.9 Å². The number of nitrogens with zero attached hydrogens (tertiary/aromatic N) is 2. The van der Waals surface area contributed by atoms with Gasteiger partial charge in [0.25, 0.3) is 0 Å². The van der Waals surface area contributed by atoms with Gasteiger partial charge in [-0.15, -0.1) is 0 Å². The van der Waals surface area contributed by atoms with Crippen molar-refractivity contribution >= 4 is 41.9 Å². The third-order valence-electron chi connectivity index (χ3n) is 3.01. The fraction of sp³-hybridized carbons (Fsp3) is 0.500. The summed E-state index contributed by atoms with van der Waals surface area (Å²) in [5.41, 5.74) is 0. The molecule has 2 aliphatic heterocycles. The van der Waals surface area contributed by atoms with E-state index in [-0.39, 0.29) is 29.9 Å². The van der Waals surface area contributed by atoms with Gasteiger partial charge in [-0.05, 0) is 0 Å². The number of hydrogen-bond donors (Lipinski definition) is 0. The molecule has 0 saturated carbocycles. The molecule has 1 saturated heterocycles. The molecule has 0 radical (unpaired) electrons. The molecule has 6 nitrogen and oxygen atoms in total. The summed E-state index contributed by atoms with van der Waals surface area (Å²) < 4.78 is 11.8. The molecule has 0 N–H and O–H groups in total. The average molecular weight is 410 g/mol. The van der Waals surface area contributed by atoms with Gasteiger partial charge in [-0.2, -0.15) is 0 Å². The van der Waals surface area contributed by atoms with Crippen LogP contribution < -0.4 is 0 Å². The zero-order valence-electron chi connectivity index (χ0n) is 11.8. The van der Waals surface area contributed by atoms with Crippen LogP contribution in [0.2, 0.25) is 0 Å². The van der Waals surface area contributed by atoms with Crippen molar-refractivity contribution in [2.24, 2.45) is 0 Å². The number of rotatable bonds is 2. The van der Waals surface area contributed by atoms with Crippen LogP contribution in [0.4, 0.5) is 0 Å². The Hall–Kier alpha value is -0.941. The van der Waals surface area contributed by atoms with E-state index in [4.69, 9.17) is 9.47 Å². The van der Waals surface area contributed by atoms with E-state index in [0.717, 1.165) is 18.9 Å². The second kappa shape index (κ2) is 6.22. The van der Waals surface area contributed by atoms with Gasteiger partial charge >= 0.3 is 130 Å². The quantitative estimate of drug-likeness (QED) is 0.429. The first-order chi connectivity index (χ1) is 9.49. The van der Waals surface area contributed by atoms with Gasteiger partial charge < -0.3 is 0 Å². The van der Waals surface area contributed by atoms with E-state index in [1.165, 1.54) is 17.6 Å². The first kappa shape index (κ1) is 15.4. The Labute approximate surface area is 130 Å². The van der Waals surface area contributed by atoms with Gasteiger partial charge in [-0.1, -0.05) is 0 Å². The second-order valence-electron chi connectivity index (χ2n) is 4.30. The second-order valence-corrected chi connectivity index (χ2v) is 9.89. The molecule has 0 aromatic carbocycles. The van der Waals surface area contributed by atoms with Crippen LogP contribution in [-0.4, -0.2) is 93.1 Å². The van der Waals surface area contributed by atoms with Gasteiger partial charge in [0, 0.05) is 0 Å². The van der Waals surface area contributed by atoms with Gasteiger partial charge in [0.1, 0.15) is 0 Å². The van der Waals surface area contributed by atoms with Crippen molar-refractivity contribution in [1.82, 2.24) is 9.80 Å². The molecule has 0 aromatic heterocycles. The molecular weight excluding hydrogens is 394 g/mol. The Morgan fingerprint density at radius 2 is 1.35 bits per heavy atom. The Kier molecular flexibility index (Phi) is 4.81. The first-order valence-electron chi connectivity index (χ1n) is 5.92. The van der Waals surface area contributed by atoms with E-state index in [1.807, 2.05) is 14.1 Å². The normalized spacial score (nSPS) is 19.0. The van der Waals surface area contributed by atoms with E-state index in [9.17, 15) is 9.59 Å². The number of likely N-dealkylation sites (N-methyl/N-ethyl adjacent to an activating group) is 2. The number of esters is 2. The number of ether oxygens (including phenoxy) is 2. The minimum atomic E-state index is -0.411. The summed E-state index contributed by atoms with van der Waals surface area (Å²) in [6, 6.07) is 0. The molecule has 0 bridgehead atoms. The van der Waals surface area contributed by atoms with E-state index in [2.05, 4.69) is 9.80 Å². The van der Waals surface area contributed by atoms with Gasteiger partial charge in [0.05, 0.1) is 0 Å². The molecule has 0 aliphatic carbocycles. The number of hydrogen-bond acceptors (Lipinski definition) is 6. The van der Waals surface area contributed by atoms with E-state index in [0.29, 0.717) is 8.94 Å². The monoisotopic (exact) mass is 412 g/mol. The predicted molar refractivity (Wildman–Crippen MR) is 74.9 cm³/mol. The van der Waals surface area contributed by atoms with Crippen molar-refractivity contribution in [2.45, 2.75) is 0 Å². The van der Waals surface area contributed by atoms with Gasteiger partial charge in [0.15, 0.2) is 0 Å². The Morgan fingerprint density at radius 1 is 0.950 bits per heavy atom. The fourth-order valence-corrected chi connectivity index (χ4v) is 9.13. The fourth-order valence-electron chi connectivity index (χ4n) is 1.96. The van der Waals surface area contributed by atoms with E-state index >= 15 is 0 Å². The molecule has 2 heterocycles. The molecule has 0 atom stereocenters. The molecule has 8 heteroatoms. The summed E-state index contributed by atoms with van der Waals surface area (Å²) >= 11 is -0.336. The standard InChI is InChI=1S/C12H16N2O4Se2/c1-13-5-6-14(2)9(13)12-19-7(10(15)17-3)8(20-12)11(16)18-4/h5-6H2,1-4H3. The zero-order valence-corrected chi connectivity index (χ0v) is 15.2. The minimum absolute atomic E-state index is 0.168. The molecule has 110 valence electrons. The molecule has 20 heavy (non-hydrogen) atoms. The van der Waals surface area contributed by atoms with Crippen LogP contribution >= 0.6 is 0 Å². The van der Waals surface area contributed by atoms with Gasteiger partial charge in [-0.3, -0.25) is 0 Å². The molecule has 2 aliphatic rings. The molecule has 0 aromatic rings. The van der Waals surface area contributed by atoms with Crippen LogP contribution in [0.1, 0.15) is 0 Å². The number of carbonyl (C=O) groups is 2. The summed E-state index contributed by atoms with van der Waals surface area (Å²) in [4.78, 5) is 28.1. The van der Waals surface area contributed by atoms with Crippen molar-refractivity contribution < 1.29 is 19.1 Å². The first-order valence-corrected chi connectivity index (χ1v) is 9.35. The van der Waals surface area contributed by atoms with Crippen molar-refractivity contribution in [2.75, 3.05) is 41.4 Å². The molecule has 1 fully saturated rings. The third kappa shape index (κ3) is 2.74. The van der Waals surface area contributed by atoms with Crippen LogP contribution in [0.25, 0.3) is 0 Å². The zero-order chi connectivity index (χ0) is 14.9. The molecule has 2 rings (SSSR count). The summed E-state index contributed by atoms with van der Waals surface area (Å²) in [6.45, 7) is 1.92. The summed E-state index contributed by atoms with van der Waals surface area (Å²) in [7, 11) is 6.75. The van der Waals surface area contributed by atoms with Crippen LogP contribution in [0, 0.1) is 0 Å². The third-order valence-corrected chi connectivity index (χ3v) is 9.44. The van der Waals surface area contributed by atoms with Crippen LogP contribution in [0.5, 0.6) is 0 Å². The van der Waals surface area contributed by atoms with Crippen molar-refractivity contribution in [3.05, 3.63) is 18.1 Å². The Bertz CT molecular complexity index is 474. The van der Waals surface area contributed by atoms with Crippen molar-refractivity contribution in [1.29, 1.82) is 0 Å². The average Bonchev–Trinajstić information content (AvgIpc) is 3.01. The van der Waals surface area contributed by atoms with Crippen molar-refractivity contribution in [3.63, 3.8) is 0 Å².